The summed E-state index contributed by atoms with van der Waals surface area (Å²) in [6.07, 6.45) is 0.792. The molecule has 8 heteroatoms. The van der Waals surface area contributed by atoms with E-state index in [-0.39, 0.29) is 25.1 Å². The van der Waals surface area contributed by atoms with Crippen LogP contribution in [0.15, 0.2) is 6.20 Å². The highest BCUT2D eigenvalue weighted by Crippen LogP contribution is 2.05. The van der Waals surface area contributed by atoms with Crippen LogP contribution in [0, 0.1) is 0 Å². The number of aliphatic hydroxyl groups excluding tert-OH is 1. The topological polar surface area (TPSA) is 87.6 Å². The first-order valence-electron chi connectivity index (χ1n) is 6.69. The first kappa shape index (κ1) is 16.8. The van der Waals surface area contributed by atoms with Crippen LogP contribution in [0.4, 0.5) is 0 Å². The Morgan fingerprint density at radius 2 is 2.25 bits per heavy atom. The molecule has 0 radical (unpaired) electrons. The molecule has 1 heterocycles. The number of nitrogens with one attached hydrogen (secondary N) is 1. The summed E-state index contributed by atoms with van der Waals surface area (Å²) in [6.45, 7) is 7.44. The predicted octanol–water partition coefficient (Wildman–Crippen LogP) is 0.124. The molecule has 1 rings (SSSR count). The molecule has 0 spiro atoms. The summed E-state index contributed by atoms with van der Waals surface area (Å²) in [4.78, 5) is 13.7. The molecule has 2 unspecified atom stereocenters. The van der Waals surface area contributed by atoms with Gasteiger partial charge in [-0.2, -0.15) is 4.37 Å². The van der Waals surface area contributed by atoms with Crippen molar-refractivity contribution in [3.63, 3.8) is 0 Å². The van der Waals surface area contributed by atoms with E-state index < -0.39 is 6.10 Å². The molecule has 2 atom stereocenters. The van der Waals surface area contributed by atoms with Crippen molar-refractivity contribution in [2.24, 2.45) is 0 Å². The molecule has 1 aromatic heterocycles. The molecular formula is C12H22N4O3S. The van der Waals surface area contributed by atoms with Crippen LogP contribution in [-0.4, -0.2) is 63.0 Å². The van der Waals surface area contributed by atoms with Crippen LogP contribution in [0.5, 0.6) is 5.88 Å². The van der Waals surface area contributed by atoms with Gasteiger partial charge >= 0.3 is 0 Å². The van der Waals surface area contributed by atoms with Crippen LogP contribution in [0.3, 0.4) is 0 Å². The van der Waals surface area contributed by atoms with Gasteiger partial charge in [0.05, 0.1) is 17.8 Å². The third-order valence-electron chi connectivity index (χ3n) is 2.87. The minimum absolute atomic E-state index is 0.0341. The lowest BCUT2D eigenvalue weighted by atomic mass is 10.2. The maximum Gasteiger partial charge on any atom is 0.245 e. The van der Waals surface area contributed by atoms with Crippen molar-refractivity contribution in [2.75, 3.05) is 26.2 Å². The minimum Gasteiger partial charge on any atom is -0.473 e. The number of ether oxygens (including phenoxy) is 1. The molecule has 0 fully saturated rings. The number of carbonyl (C=O) groups excluding carboxylic acids is 1. The third-order valence-corrected chi connectivity index (χ3v) is 3.33. The van der Waals surface area contributed by atoms with Gasteiger partial charge in [0.2, 0.25) is 11.8 Å². The standard InChI is InChI=1S/C12H22N4O3S/c1-4-16(5-2)12(18)9(3)13-6-10(17)8-19-11-7-14-20-15-11/h7,9-10,13,17H,4-6,8H2,1-3H3. The van der Waals surface area contributed by atoms with E-state index in [0.29, 0.717) is 19.0 Å². The SMILES string of the molecule is CCN(CC)C(=O)C(C)NCC(O)COc1cnsn1. The van der Waals surface area contributed by atoms with E-state index in [4.69, 9.17) is 4.74 Å². The van der Waals surface area contributed by atoms with Gasteiger partial charge in [-0.1, -0.05) is 0 Å². The van der Waals surface area contributed by atoms with Crippen molar-refractivity contribution in [1.82, 2.24) is 19.0 Å². The molecule has 0 saturated carbocycles. The van der Waals surface area contributed by atoms with Gasteiger partial charge in [0, 0.05) is 19.6 Å². The predicted molar refractivity (Wildman–Crippen MR) is 76.8 cm³/mol. The zero-order chi connectivity index (χ0) is 15.0. The molecule has 0 aliphatic rings. The zero-order valence-electron chi connectivity index (χ0n) is 12.1. The molecule has 114 valence electrons. The summed E-state index contributed by atoms with van der Waals surface area (Å²) in [7, 11) is 0. The Bertz CT molecular complexity index is 384. The Kier molecular flexibility index (Phi) is 7.42. The number of aliphatic hydroxyl groups is 1. The molecule has 2 N–H and O–H groups in total. The number of likely N-dealkylation sites (N-methyl/N-ethyl adjacent to an activating group) is 1. The highest BCUT2D eigenvalue weighted by Gasteiger charge is 2.18. The Morgan fingerprint density at radius 3 is 2.80 bits per heavy atom. The number of rotatable bonds is 9. The maximum absolute atomic E-state index is 12.0. The fourth-order valence-corrected chi connectivity index (χ4v) is 2.03. The van der Waals surface area contributed by atoms with E-state index in [2.05, 4.69) is 14.1 Å². The molecule has 20 heavy (non-hydrogen) atoms. The van der Waals surface area contributed by atoms with Gasteiger partial charge < -0.3 is 20.1 Å². The minimum atomic E-state index is -0.705. The van der Waals surface area contributed by atoms with E-state index in [0.717, 1.165) is 11.7 Å². The highest BCUT2D eigenvalue weighted by atomic mass is 32.1. The summed E-state index contributed by atoms with van der Waals surface area (Å²) < 4.78 is 12.9. The van der Waals surface area contributed by atoms with Crippen molar-refractivity contribution in [3.8, 4) is 5.88 Å². The van der Waals surface area contributed by atoms with Gasteiger partial charge in [-0.05, 0) is 20.8 Å². The van der Waals surface area contributed by atoms with Gasteiger partial charge in [0.15, 0.2) is 0 Å². The first-order valence-corrected chi connectivity index (χ1v) is 7.42. The smallest absolute Gasteiger partial charge is 0.245 e. The lowest BCUT2D eigenvalue weighted by molar-refractivity contribution is -0.132. The molecule has 0 aliphatic heterocycles. The highest BCUT2D eigenvalue weighted by molar-refractivity contribution is 6.99. The van der Waals surface area contributed by atoms with Crippen LogP contribution in [0.1, 0.15) is 20.8 Å². The van der Waals surface area contributed by atoms with Gasteiger partial charge in [0.25, 0.3) is 0 Å². The largest absolute Gasteiger partial charge is 0.473 e. The molecule has 0 aromatic carbocycles. The van der Waals surface area contributed by atoms with E-state index in [9.17, 15) is 9.90 Å². The van der Waals surface area contributed by atoms with Gasteiger partial charge in [0.1, 0.15) is 18.9 Å². The molecule has 0 aliphatic carbocycles. The Balaban J connectivity index is 2.25. The number of amides is 1. The number of hydrogen-bond acceptors (Lipinski definition) is 7. The fraction of sp³-hybridized carbons (Fsp3) is 0.750. The third kappa shape index (κ3) is 5.40. The Hall–Kier alpha value is -1.25. The van der Waals surface area contributed by atoms with Crippen molar-refractivity contribution < 1.29 is 14.6 Å². The number of aromatic nitrogens is 2. The average Bonchev–Trinajstić information content (AvgIpc) is 2.96. The molecule has 0 saturated heterocycles. The average molecular weight is 302 g/mol. The van der Waals surface area contributed by atoms with Crippen LogP contribution in [0.2, 0.25) is 0 Å². The monoisotopic (exact) mass is 302 g/mol. The lowest BCUT2D eigenvalue weighted by Crippen LogP contribution is -2.47. The number of hydrogen-bond donors (Lipinski definition) is 2. The molecule has 7 nitrogen and oxygen atoms in total. The second-order valence-electron chi connectivity index (χ2n) is 4.35. The van der Waals surface area contributed by atoms with Gasteiger partial charge in [-0.3, -0.25) is 4.79 Å². The van der Waals surface area contributed by atoms with Crippen LogP contribution < -0.4 is 10.1 Å². The van der Waals surface area contributed by atoms with Crippen LogP contribution >= 0.6 is 11.7 Å². The molecule has 1 amide bonds. The molecule has 1 aromatic rings. The quantitative estimate of drug-likeness (QED) is 0.674. The van der Waals surface area contributed by atoms with Gasteiger partial charge in [-0.15, -0.1) is 4.37 Å². The van der Waals surface area contributed by atoms with Crippen molar-refractivity contribution in [1.29, 1.82) is 0 Å². The van der Waals surface area contributed by atoms with Crippen molar-refractivity contribution in [3.05, 3.63) is 6.20 Å². The van der Waals surface area contributed by atoms with Crippen molar-refractivity contribution in [2.45, 2.75) is 32.9 Å². The first-order chi connectivity index (χ1) is 9.58. The summed E-state index contributed by atoms with van der Waals surface area (Å²) >= 11 is 1.05. The van der Waals surface area contributed by atoms with E-state index in [1.807, 2.05) is 13.8 Å². The van der Waals surface area contributed by atoms with Crippen LogP contribution in [0.25, 0.3) is 0 Å². The number of carbonyl (C=O) groups is 1. The second kappa shape index (κ2) is 8.83. The van der Waals surface area contributed by atoms with Crippen molar-refractivity contribution >= 4 is 17.6 Å². The Labute approximate surface area is 123 Å². The van der Waals surface area contributed by atoms with E-state index in [1.54, 1.807) is 11.8 Å². The van der Waals surface area contributed by atoms with Crippen LogP contribution in [-0.2, 0) is 4.79 Å². The zero-order valence-corrected chi connectivity index (χ0v) is 12.9. The normalized spacial score (nSPS) is 13.8. The lowest BCUT2D eigenvalue weighted by Gasteiger charge is -2.24. The summed E-state index contributed by atoms with van der Waals surface area (Å²) in [5, 5.41) is 12.8. The summed E-state index contributed by atoms with van der Waals surface area (Å²) in [5.74, 6) is 0.438. The van der Waals surface area contributed by atoms with E-state index in [1.165, 1.54) is 6.20 Å². The number of nitrogens with zero attached hydrogens (tertiary/aromatic N) is 3. The molecular weight excluding hydrogens is 280 g/mol. The summed E-state index contributed by atoms with van der Waals surface area (Å²) in [6, 6.07) is -0.328. The maximum atomic E-state index is 12.0. The second-order valence-corrected chi connectivity index (χ2v) is 4.91. The molecule has 0 bridgehead atoms. The Morgan fingerprint density at radius 1 is 1.55 bits per heavy atom. The summed E-state index contributed by atoms with van der Waals surface area (Å²) in [5.41, 5.74) is 0. The van der Waals surface area contributed by atoms with E-state index >= 15 is 0 Å². The van der Waals surface area contributed by atoms with Gasteiger partial charge in [-0.25, -0.2) is 0 Å². The fourth-order valence-electron chi connectivity index (χ4n) is 1.67.